The SMILES string of the molecule is COc1ccccc1P(c1cccc(C(C)(C)C)c1O)c1cccc(C(C)(C)C)c1O. The molecule has 2 N–H and O–H groups in total. The summed E-state index contributed by atoms with van der Waals surface area (Å²) in [5.74, 6) is 1.31. The van der Waals surface area contributed by atoms with Gasteiger partial charge in [-0.05, 0) is 35.9 Å². The number of rotatable bonds is 4. The van der Waals surface area contributed by atoms with Crippen LogP contribution in [0, 0.1) is 0 Å². The highest BCUT2D eigenvalue weighted by molar-refractivity contribution is 7.80. The molecule has 3 aromatic rings. The van der Waals surface area contributed by atoms with Crippen LogP contribution in [0.15, 0.2) is 60.7 Å². The maximum Gasteiger partial charge on any atom is 0.127 e. The number of aromatic hydroxyl groups is 2. The summed E-state index contributed by atoms with van der Waals surface area (Å²) >= 11 is 0. The monoisotopic (exact) mass is 436 g/mol. The molecule has 0 spiro atoms. The Hall–Kier alpha value is -2.51. The summed E-state index contributed by atoms with van der Waals surface area (Å²) < 4.78 is 5.70. The van der Waals surface area contributed by atoms with Crippen LogP contribution in [0.3, 0.4) is 0 Å². The van der Waals surface area contributed by atoms with E-state index in [4.69, 9.17) is 4.74 Å². The van der Waals surface area contributed by atoms with Crippen molar-refractivity contribution in [1.82, 2.24) is 0 Å². The molecule has 164 valence electrons. The molecule has 0 fully saturated rings. The van der Waals surface area contributed by atoms with Crippen molar-refractivity contribution in [3.63, 3.8) is 0 Å². The van der Waals surface area contributed by atoms with Gasteiger partial charge < -0.3 is 14.9 Å². The van der Waals surface area contributed by atoms with Gasteiger partial charge in [0.15, 0.2) is 0 Å². The van der Waals surface area contributed by atoms with Gasteiger partial charge in [-0.2, -0.15) is 0 Å². The Balaban J connectivity index is 2.38. The van der Waals surface area contributed by atoms with Gasteiger partial charge in [0.2, 0.25) is 0 Å². The molecule has 0 heterocycles. The molecule has 3 rings (SSSR count). The first-order valence-corrected chi connectivity index (χ1v) is 11.9. The summed E-state index contributed by atoms with van der Waals surface area (Å²) in [7, 11) is 0.390. The Morgan fingerprint density at radius 3 is 1.45 bits per heavy atom. The van der Waals surface area contributed by atoms with Crippen molar-refractivity contribution >= 4 is 23.8 Å². The van der Waals surface area contributed by atoms with Crippen LogP contribution in [0.4, 0.5) is 0 Å². The summed E-state index contributed by atoms with van der Waals surface area (Å²) in [6.07, 6.45) is 0. The Bertz CT molecular complexity index is 1010. The average Bonchev–Trinajstić information content (AvgIpc) is 2.69. The number of ether oxygens (including phenoxy) is 1. The van der Waals surface area contributed by atoms with Crippen LogP contribution in [0.1, 0.15) is 52.7 Å². The smallest absolute Gasteiger partial charge is 0.127 e. The molecule has 0 saturated carbocycles. The first kappa shape index (κ1) is 23.2. The second-order valence-electron chi connectivity index (χ2n) is 9.85. The van der Waals surface area contributed by atoms with Gasteiger partial charge in [0, 0.05) is 15.9 Å². The molecular formula is C27H33O3P. The Morgan fingerprint density at radius 1 is 0.613 bits per heavy atom. The number of para-hydroxylation sites is 3. The van der Waals surface area contributed by atoms with E-state index in [2.05, 4.69) is 41.5 Å². The second kappa shape index (κ2) is 8.55. The number of methoxy groups -OCH3 is 1. The van der Waals surface area contributed by atoms with E-state index in [1.807, 2.05) is 60.7 Å². The third kappa shape index (κ3) is 4.57. The normalized spacial score (nSPS) is 12.3. The van der Waals surface area contributed by atoms with E-state index < -0.39 is 7.92 Å². The molecule has 0 saturated heterocycles. The number of phenolic OH excluding ortho intramolecular Hbond substituents is 2. The Labute approximate surface area is 187 Å². The standard InChI is InChI=1S/C27H33O3P/c1-26(2,3)18-12-10-16-22(24(18)28)31(21-15-9-8-14-20(21)30-7)23-17-11-13-19(25(23)29)27(4,5)6/h8-17,28-29H,1-7H3. The van der Waals surface area contributed by atoms with E-state index in [1.165, 1.54) is 0 Å². The van der Waals surface area contributed by atoms with Crippen LogP contribution in [0.5, 0.6) is 17.2 Å². The zero-order chi connectivity index (χ0) is 23.0. The average molecular weight is 437 g/mol. The lowest BCUT2D eigenvalue weighted by Gasteiger charge is -2.29. The maximum atomic E-state index is 11.4. The van der Waals surface area contributed by atoms with E-state index in [1.54, 1.807) is 7.11 Å². The van der Waals surface area contributed by atoms with Gasteiger partial charge in [-0.3, -0.25) is 0 Å². The van der Waals surface area contributed by atoms with Gasteiger partial charge in [-0.1, -0.05) is 96.1 Å². The number of hydrogen-bond acceptors (Lipinski definition) is 3. The molecule has 3 aromatic carbocycles. The van der Waals surface area contributed by atoms with Crippen LogP contribution in [-0.4, -0.2) is 17.3 Å². The van der Waals surface area contributed by atoms with E-state index in [0.29, 0.717) is 0 Å². The molecule has 3 nitrogen and oxygen atoms in total. The van der Waals surface area contributed by atoms with E-state index in [0.717, 1.165) is 32.8 Å². The molecule has 0 aliphatic carbocycles. The largest absolute Gasteiger partial charge is 0.507 e. The fourth-order valence-corrected chi connectivity index (χ4v) is 6.37. The maximum absolute atomic E-state index is 11.4. The number of benzene rings is 3. The molecule has 0 aliphatic heterocycles. The molecule has 0 atom stereocenters. The highest BCUT2D eigenvalue weighted by Gasteiger charge is 2.30. The lowest BCUT2D eigenvalue weighted by molar-refractivity contribution is 0.418. The van der Waals surface area contributed by atoms with Crippen molar-refractivity contribution in [2.75, 3.05) is 7.11 Å². The number of hydrogen-bond donors (Lipinski definition) is 2. The van der Waals surface area contributed by atoms with Crippen LogP contribution in [-0.2, 0) is 10.8 Å². The van der Waals surface area contributed by atoms with Crippen molar-refractivity contribution in [2.45, 2.75) is 52.4 Å². The zero-order valence-electron chi connectivity index (χ0n) is 19.5. The highest BCUT2D eigenvalue weighted by Crippen LogP contribution is 2.45. The third-order valence-corrected chi connectivity index (χ3v) is 7.99. The predicted octanol–water partition coefficient (Wildman–Crippen LogP) is 5.46. The lowest BCUT2D eigenvalue weighted by Crippen LogP contribution is -2.26. The van der Waals surface area contributed by atoms with Gasteiger partial charge in [-0.15, -0.1) is 0 Å². The van der Waals surface area contributed by atoms with Gasteiger partial charge in [0.25, 0.3) is 0 Å². The summed E-state index contributed by atoms with van der Waals surface area (Å²) in [4.78, 5) is 0. The molecule has 0 amide bonds. The minimum atomic E-state index is -1.27. The van der Waals surface area contributed by atoms with E-state index in [9.17, 15) is 10.2 Å². The van der Waals surface area contributed by atoms with Gasteiger partial charge >= 0.3 is 0 Å². The zero-order valence-corrected chi connectivity index (χ0v) is 20.4. The molecular weight excluding hydrogens is 403 g/mol. The van der Waals surface area contributed by atoms with Gasteiger partial charge in [0.1, 0.15) is 17.2 Å². The molecule has 0 radical (unpaired) electrons. The van der Waals surface area contributed by atoms with E-state index in [-0.39, 0.29) is 22.3 Å². The Kier molecular flexibility index (Phi) is 6.39. The molecule has 0 aliphatic rings. The molecule has 0 unspecified atom stereocenters. The fraction of sp³-hybridized carbons (Fsp3) is 0.333. The fourth-order valence-electron chi connectivity index (χ4n) is 3.84. The second-order valence-corrected chi connectivity index (χ2v) is 12.0. The summed E-state index contributed by atoms with van der Waals surface area (Å²) in [6.45, 7) is 12.6. The summed E-state index contributed by atoms with van der Waals surface area (Å²) in [5.41, 5.74) is 1.35. The van der Waals surface area contributed by atoms with Crippen molar-refractivity contribution in [3.05, 3.63) is 71.8 Å². The third-order valence-electron chi connectivity index (χ3n) is 5.45. The van der Waals surface area contributed by atoms with Crippen LogP contribution >= 0.6 is 7.92 Å². The highest BCUT2D eigenvalue weighted by atomic mass is 31.1. The Morgan fingerprint density at radius 2 is 1.03 bits per heavy atom. The number of phenols is 2. The quantitative estimate of drug-likeness (QED) is 0.534. The molecule has 31 heavy (non-hydrogen) atoms. The minimum absolute atomic E-state index is 0.211. The minimum Gasteiger partial charge on any atom is -0.507 e. The van der Waals surface area contributed by atoms with Gasteiger partial charge in [-0.25, -0.2) is 0 Å². The van der Waals surface area contributed by atoms with Crippen molar-refractivity contribution in [2.24, 2.45) is 0 Å². The predicted molar refractivity (Wildman–Crippen MR) is 132 cm³/mol. The van der Waals surface area contributed by atoms with Crippen LogP contribution in [0.2, 0.25) is 0 Å². The van der Waals surface area contributed by atoms with Crippen molar-refractivity contribution in [1.29, 1.82) is 0 Å². The van der Waals surface area contributed by atoms with Gasteiger partial charge in [0.05, 0.1) is 7.11 Å². The summed E-state index contributed by atoms with van der Waals surface area (Å²) in [5, 5.41) is 25.4. The van der Waals surface area contributed by atoms with Crippen LogP contribution in [0.25, 0.3) is 0 Å². The van der Waals surface area contributed by atoms with E-state index >= 15 is 0 Å². The lowest BCUT2D eigenvalue weighted by atomic mass is 9.86. The summed E-state index contributed by atoms with van der Waals surface area (Å²) in [6, 6.07) is 19.7. The first-order chi connectivity index (χ1) is 14.5. The van der Waals surface area contributed by atoms with Crippen molar-refractivity contribution in [3.8, 4) is 17.2 Å². The first-order valence-electron chi connectivity index (χ1n) is 10.5. The topological polar surface area (TPSA) is 49.7 Å². The molecule has 0 bridgehead atoms. The van der Waals surface area contributed by atoms with Crippen LogP contribution < -0.4 is 20.7 Å². The van der Waals surface area contributed by atoms with Crippen molar-refractivity contribution < 1.29 is 14.9 Å². The molecule has 0 aromatic heterocycles. The molecule has 4 heteroatoms.